The number of amides is 1. The van der Waals surface area contributed by atoms with Gasteiger partial charge in [0.05, 0.1) is 22.2 Å². The number of nitrogens with zero attached hydrogens (tertiary/aromatic N) is 2. The van der Waals surface area contributed by atoms with Crippen molar-refractivity contribution in [3.63, 3.8) is 0 Å². The highest BCUT2D eigenvalue weighted by Crippen LogP contribution is 2.17. The zero-order chi connectivity index (χ0) is 16.9. The van der Waals surface area contributed by atoms with Crippen LogP contribution in [0.1, 0.15) is 12.5 Å². The Labute approximate surface area is 142 Å². The molecule has 0 unspecified atom stereocenters. The summed E-state index contributed by atoms with van der Waals surface area (Å²) in [6.07, 6.45) is 3.61. The molecule has 1 atom stereocenters. The van der Waals surface area contributed by atoms with Gasteiger partial charge in [0.1, 0.15) is 0 Å². The quantitative estimate of drug-likeness (QED) is 0.777. The lowest BCUT2D eigenvalue weighted by Crippen LogP contribution is -2.05. The normalized spacial score (nSPS) is 11.9. The van der Waals surface area contributed by atoms with Crippen molar-refractivity contribution in [3.05, 3.63) is 72.6 Å². The van der Waals surface area contributed by atoms with E-state index in [0.29, 0.717) is 11.4 Å². The zero-order valence-electron chi connectivity index (χ0n) is 13.2. The van der Waals surface area contributed by atoms with Gasteiger partial charge < -0.3 is 5.32 Å². The molecule has 5 nitrogen and oxygen atoms in total. The third-order valence-corrected chi connectivity index (χ3v) is 4.83. The summed E-state index contributed by atoms with van der Waals surface area (Å²) in [7, 11) is -1.13. The summed E-state index contributed by atoms with van der Waals surface area (Å²) >= 11 is 0. The molecule has 0 aliphatic rings. The third-order valence-electron chi connectivity index (χ3n) is 3.44. The van der Waals surface area contributed by atoms with Crippen LogP contribution in [-0.2, 0) is 21.3 Å². The van der Waals surface area contributed by atoms with Crippen molar-refractivity contribution < 1.29 is 9.00 Å². The molecule has 1 heterocycles. The van der Waals surface area contributed by atoms with Gasteiger partial charge in [-0.25, -0.2) is 4.68 Å². The second-order valence-electron chi connectivity index (χ2n) is 5.31. The molecule has 2 aromatic carbocycles. The Morgan fingerprint density at radius 3 is 2.42 bits per heavy atom. The minimum Gasteiger partial charge on any atom is -0.326 e. The zero-order valence-corrected chi connectivity index (χ0v) is 14.0. The highest BCUT2D eigenvalue weighted by molar-refractivity contribution is 7.84. The predicted octanol–water partition coefficient (Wildman–Crippen LogP) is 3.14. The van der Waals surface area contributed by atoms with Crippen LogP contribution in [0.2, 0.25) is 0 Å². The van der Waals surface area contributed by atoms with E-state index in [1.54, 1.807) is 35.1 Å². The van der Waals surface area contributed by atoms with Crippen LogP contribution in [0.3, 0.4) is 0 Å². The van der Waals surface area contributed by atoms with Gasteiger partial charge in [0, 0.05) is 29.9 Å². The van der Waals surface area contributed by atoms with Gasteiger partial charge in [-0.2, -0.15) is 5.10 Å². The highest BCUT2D eigenvalue weighted by Gasteiger charge is 2.06. The number of rotatable bonds is 5. The maximum atomic E-state index is 12.5. The molecule has 122 valence electrons. The van der Waals surface area contributed by atoms with Crippen LogP contribution < -0.4 is 5.32 Å². The Hall–Kier alpha value is -2.73. The van der Waals surface area contributed by atoms with E-state index in [1.807, 2.05) is 36.5 Å². The molecular weight excluding hydrogens is 322 g/mol. The number of benzene rings is 2. The van der Waals surface area contributed by atoms with Gasteiger partial charge in [-0.1, -0.05) is 12.1 Å². The summed E-state index contributed by atoms with van der Waals surface area (Å²) in [5.41, 5.74) is 2.66. The fourth-order valence-corrected chi connectivity index (χ4v) is 3.40. The SMILES string of the molecule is CC(=O)Nc1ccc([S@](=O)Cc2ccc(-n3cccn3)cc2)cc1. The second kappa shape index (κ2) is 7.23. The average Bonchev–Trinajstić information content (AvgIpc) is 3.10. The van der Waals surface area contributed by atoms with E-state index in [0.717, 1.165) is 16.1 Å². The first-order valence-corrected chi connectivity index (χ1v) is 8.79. The molecule has 24 heavy (non-hydrogen) atoms. The third kappa shape index (κ3) is 3.97. The largest absolute Gasteiger partial charge is 0.326 e. The molecule has 3 aromatic rings. The molecule has 0 aliphatic heterocycles. The second-order valence-corrected chi connectivity index (χ2v) is 6.76. The fraction of sp³-hybridized carbons (Fsp3) is 0.111. The first-order valence-electron chi connectivity index (χ1n) is 7.47. The monoisotopic (exact) mass is 339 g/mol. The Morgan fingerprint density at radius 2 is 1.83 bits per heavy atom. The summed E-state index contributed by atoms with van der Waals surface area (Å²) in [6, 6.07) is 16.8. The lowest BCUT2D eigenvalue weighted by atomic mass is 10.2. The number of hydrogen-bond donors (Lipinski definition) is 1. The van der Waals surface area contributed by atoms with Crippen molar-refractivity contribution in [2.24, 2.45) is 0 Å². The Balaban J connectivity index is 1.67. The molecular formula is C18H17N3O2S. The number of carbonyl (C=O) groups excluding carboxylic acids is 1. The summed E-state index contributed by atoms with van der Waals surface area (Å²) in [4.78, 5) is 11.7. The number of nitrogens with one attached hydrogen (secondary N) is 1. The van der Waals surface area contributed by atoms with Gasteiger partial charge in [-0.15, -0.1) is 0 Å². The van der Waals surface area contributed by atoms with E-state index in [-0.39, 0.29) is 5.91 Å². The molecule has 6 heteroatoms. The standard InChI is InChI=1S/C18H17N3O2S/c1-14(22)20-16-5-9-18(10-6-16)24(23)13-15-3-7-17(8-4-15)21-12-2-11-19-21/h2-12H,13H2,1H3,(H,20,22)/t24-/m1/s1. The Morgan fingerprint density at radius 1 is 1.12 bits per heavy atom. The maximum Gasteiger partial charge on any atom is 0.221 e. The van der Waals surface area contributed by atoms with Gasteiger partial charge in [0.15, 0.2) is 0 Å². The topological polar surface area (TPSA) is 64.0 Å². The molecule has 0 saturated carbocycles. The van der Waals surface area contributed by atoms with Crippen molar-refractivity contribution in [3.8, 4) is 5.69 Å². The lowest BCUT2D eigenvalue weighted by Gasteiger charge is -2.06. The molecule has 0 spiro atoms. The van der Waals surface area contributed by atoms with Crippen molar-refractivity contribution >= 4 is 22.4 Å². The Bertz CT molecular complexity index is 841. The van der Waals surface area contributed by atoms with E-state index >= 15 is 0 Å². The van der Waals surface area contributed by atoms with Crippen molar-refractivity contribution in [1.29, 1.82) is 0 Å². The molecule has 0 fully saturated rings. The van der Waals surface area contributed by atoms with Crippen LogP contribution in [0.5, 0.6) is 0 Å². The number of anilines is 1. The number of carbonyl (C=O) groups is 1. The summed E-state index contributed by atoms with van der Waals surface area (Å²) in [5.74, 6) is 0.319. The van der Waals surface area contributed by atoms with Crippen LogP contribution in [0.25, 0.3) is 5.69 Å². The van der Waals surface area contributed by atoms with Crippen LogP contribution in [0.15, 0.2) is 71.9 Å². The van der Waals surface area contributed by atoms with Crippen LogP contribution in [-0.4, -0.2) is 19.9 Å². The van der Waals surface area contributed by atoms with Gasteiger partial charge in [0.2, 0.25) is 5.91 Å². The molecule has 0 bridgehead atoms. The smallest absolute Gasteiger partial charge is 0.221 e. The van der Waals surface area contributed by atoms with E-state index in [1.165, 1.54) is 6.92 Å². The molecule has 1 aromatic heterocycles. The fourth-order valence-electron chi connectivity index (χ4n) is 2.29. The molecule has 1 N–H and O–H groups in total. The molecule has 0 saturated heterocycles. The van der Waals surface area contributed by atoms with E-state index in [4.69, 9.17) is 0 Å². The number of aromatic nitrogens is 2. The van der Waals surface area contributed by atoms with E-state index < -0.39 is 10.8 Å². The van der Waals surface area contributed by atoms with Crippen molar-refractivity contribution in [2.75, 3.05) is 5.32 Å². The van der Waals surface area contributed by atoms with Gasteiger partial charge in [0.25, 0.3) is 0 Å². The maximum absolute atomic E-state index is 12.5. The molecule has 0 aliphatic carbocycles. The van der Waals surface area contributed by atoms with Crippen LogP contribution >= 0.6 is 0 Å². The van der Waals surface area contributed by atoms with Gasteiger partial charge in [-0.3, -0.25) is 9.00 Å². The summed E-state index contributed by atoms with van der Waals surface area (Å²) < 4.78 is 14.2. The van der Waals surface area contributed by atoms with Gasteiger partial charge in [-0.05, 0) is 48.0 Å². The summed E-state index contributed by atoms with van der Waals surface area (Å²) in [5, 5.41) is 6.87. The molecule has 0 radical (unpaired) electrons. The van der Waals surface area contributed by atoms with Crippen LogP contribution in [0, 0.1) is 0 Å². The lowest BCUT2D eigenvalue weighted by molar-refractivity contribution is -0.114. The molecule has 3 rings (SSSR count). The van der Waals surface area contributed by atoms with Gasteiger partial charge >= 0.3 is 0 Å². The molecule has 1 amide bonds. The van der Waals surface area contributed by atoms with E-state index in [2.05, 4.69) is 10.4 Å². The first kappa shape index (κ1) is 16.1. The predicted molar refractivity (Wildman–Crippen MR) is 94.4 cm³/mol. The van der Waals surface area contributed by atoms with Crippen LogP contribution in [0.4, 0.5) is 5.69 Å². The minimum absolute atomic E-state index is 0.124. The van der Waals surface area contributed by atoms with Crippen molar-refractivity contribution in [2.45, 2.75) is 17.6 Å². The van der Waals surface area contributed by atoms with Crippen molar-refractivity contribution in [1.82, 2.24) is 9.78 Å². The number of hydrogen-bond acceptors (Lipinski definition) is 3. The Kier molecular flexibility index (Phi) is 4.86. The summed E-state index contributed by atoms with van der Waals surface area (Å²) in [6.45, 7) is 1.46. The first-order chi connectivity index (χ1) is 11.6. The van der Waals surface area contributed by atoms with E-state index in [9.17, 15) is 9.00 Å². The highest BCUT2D eigenvalue weighted by atomic mass is 32.2. The average molecular weight is 339 g/mol. The minimum atomic E-state index is -1.13.